The molecule has 0 amide bonds. The molecule has 12 heteroatoms. The van der Waals surface area contributed by atoms with Gasteiger partial charge in [-0.3, -0.25) is 15.0 Å². The Morgan fingerprint density at radius 3 is 0.778 bits per heavy atom. The first-order valence-corrected chi connectivity index (χ1v) is 48.3. The van der Waals surface area contributed by atoms with Crippen molar-refractivity contribution in [3.63, 3.8) is 0 Å². The largest absolute Gasteiger partial charge is 0.309 e. The van der Waals surface area contributed by atoms with E-state index in [0.717, 1.165) is 163 Å². The van der Waals surface area contributed by atoms with E-state index in [4.69, 9.17) is 41.7 Å². The lowest BCUT2D eigenvalue weighted by molar-refractivity contribution is 0.591. The van der Waals surface area contributed by atoms with E-state index in [2.05, 4.69) is 279 Å². The molecule has 18 aromatic carbocycles. The van der Waals surface area contributed by atoms with Gasteiger partial charge in [-0.15, -0.1) is 0 Å². The number of pyridine rings is 6. The summed E-state index contributed by atoms with van der Waals surface area (Å²) in [6, 6.07) is 146. The molecule has 594 valence electrons. The summed E-state index contributed by atoms with van der Waals surface area (Å²) < 4.78 is 29.8. The monoisotopic (exact) mass is 1680 g/mol. The summed E-state index contributed by atoms with van der Waals surface area (Å²) in [7, 11) is -6.13. The molecule has 0 aliphatic carbocycles. The van der Waals surface area contributed by atoms with Crippen molar-refractivity contribution >= 4 is 210 Å². The molecule has 0 atom stereocenters. The van der Waals surface area contributed by atoms with Gasteiger partial charge in [0.2, 0.25) is 0 Å². The summed E-state index contributed by atoms with van der Waals surface area (Å²) in [6.45, 7) is 0. The predicted molar refractivity (Wildman–Crippen MR) is 537 cm³/mol. The second-order valence-corrected chi connectivity index (χ2v) is 41.5. The fourth-order valence-corrected chi connectivity index (χ4v) is 27.5. The van der Waals surface area contributed by atoms with Crippen molar-refractivity contribution in [2.24, 2.45) is 0 Å². The predicted octanol–water partition coefficient (Wildman–Crippen LogP) is 25.3. The molecular weight excluding hydrogens is 1610 g/mol. The Bertz CT molecular complexity index is 7620. The van der Waals surface area contributed by atoms with E-state index in [0.29, 0.717) is 0 Å². The van der Waals surface area contributed by atoms with Gasteiger partial charge >= 0.3 is 0 Å². The highest BCUT2D eigenvalue weighted by Gasteiger charge is 2.33. The number of nitrogens with zero attached hydrogens (tertiary/aromatic N) is 6. The molecule has 0 saturated heterocycles. The number of rotatable bonds is 12. The smallest absolute Gasteiger partial charge is 0.171 e. The second kappa shape index (κ2) is 32.4. The van der Waals surface area contributed by atoms with Gasteiger partial charge in [0.05, 0.1) is 50.2 Å². The van der Waals surface area contributed by atoms with Crippen molar-refractivity contribution in [2.75, 3.05) is 0 Å². The van der Waals surface area contributed by atoms with E-state index in [9.17, 15) is 9.13 Å². The van der Waals surface area contributed by atoms with Gasteiger partial charge in [0.15, 0.2) is 14.3 Å². The van der Waals surface area contributed by atoms with E-state index in [-0.39, 0.29) is 0 Å². The van der Waals surface area contributed by atoms with Crippen LogP contribution in [0.1, 0.15) is 0 Å². The third-order valence-corrected chi connectivity index (χ3v) is 35.6. The number of para-hydroxylation sites is 3. The summed E-state index contributed by atoms with van der Waals surface area (Å²) in [6.07, 6.45) is 5.87. The van der Waals surface area contributed by atoms with Crippen molar-refractivity contribution in [1.29, 1.82) is 0 Å². The number of benzene rings is 18. The molecule has 24 aromatic rings. The van der Waals surface area contributed by atoms with E-state index in [1.165, 1.54) is 48.2 Å². The maximum atomic E-state index is 14.9. The Morgan fingerprint density at radius 1 is 0.175 bits per heavy atom. The van der Waals surface area contributed by atoms with Crippen LogP contribution in [0.2, 0.25) is 0 Å². The zero-order chi connectivity index (χ0) is 84.3. The summed E-state index contributed by atoms with van der Waals surface area (Å²) >= 11 is 6.59. The normalized spacial score (nSPS) is 11.9. The van der Waals surface area contributed by atoms with Crippen molar-refractivity contribution in [3.8, 4) is 33.8 Å². The van der Waals surface area contributed by atoms with Crippen molar-refractivity contribution < 1.29 is 9.13 Å². The van der Waals surface area contributed by atoms with Gasteiger partial charge in [0.1, 0.15) is 0 Å². The van der Waals surface area contributed by atoms with Crippen LogP contribution in [0.15, 0.2) is 455 Å². The second-order valence-electron chi connectivity index (χ2n) is 31.6. The molecule has 0 fully saturated rings. The molecule has 0 aliphatic heterocycles. The third-order valence-electron chi connectivity index (χ3n) is 24.5. The van der Waals surface area contributed by atoms with Crippen LogP contribution in [-0.2, 0) is 20.9 Å². The Morgan fingerprint density at radius 2 is 0.421 bits per heavy atom. The minimum atomic E-state index is -3.07. The van der Waals surface area contributed by atoms with Crippen LogP contribution in [0, 0.1) is 0 Å². The summed E-state index contributed by atoms with van der Waals surface area (Å²) in [5.41, 5.74) is 11.5. The number of aromatic nitrogens is 6. The third kappa shape index (κ3) is 13.3. The lowest BCUT2D eigenvalue weighted by Gasteiger charge is -2.24. The first-order chi connectivity index (χ1) is 62.1. The number of hydrogen-bond acceptors (Lipinski definition) is 9. The highest BCUT2D eigenvalue weighted by Crippen LogP contribution is 2.49. The lowest BCUT2D eigenvalue weighted by atomic mass is 9.94. The van der Waals surface area contributed by atoms with Gasteiger partial charge in [0, 0.05) is 149 Å². The molecule has 6 aromatic heterocycles. The highest BCUT2D eigenvalue weighted by atomic mass is 32.4. The minimum absolute atomic E-state index is 0.795. The molecule has 0 saturated carbocycles. The SMILES string of the molecule is O=P(c1ccccc1)(c1ccccc1)c1ccc(-c2nc3ccccc3c3c2ccc2ncc4ccccc4c23)cc1.O=P(c1ccccc1)(c1ccccc1)c1ccc(-c2nc3ccccc3c3c2cnc2ccc4ccccc4c23)cc1.S=P(c1ccccc1)(c1ccccc1)c1ccc(-c2nc3ccccc3c3c2ccc2ncc4ccccc4c23)cc1. The Labute approximate surface area is 732 Å². The van der Waals surface area contributed by atoms with Gasteiger partial charge in [-0.25, -0.2) is 15.0 Å². The van der Waals surface area contributed by atoms with Gasteiger partial charge in [-0.2, -0.15) is 0 Å². The molecule has 126 heavy (non-hydrogen) atoms. The van der Waals surface area contributed by atoms with Crippen LogP contribution < -0.4 is 47.7 Å². The number of hydrogen-bond donors (Lipinski definition) is 0. The minimum Gasteiger partial charge on any atom is -0.309 e. The maximum Gasteiger partial charge on any atom is 0.171 e. The topological polar surface area (TPSA) is 111 Å². The molecule has 24 rings (SSSR count). The van der Waals surface area contributed by atoms with Gasteiger partial charge in [-0.05, 0) is 86.0 Å². The standard InChI is InChI=1S/2C38H25N2OP.C38H25N2PS/c41-42(28-12-3-1-4-13-28,29-14-5-2-6-15-29)30-22-19-27(20-23-30)38-33-25-39-35-24-21-26-11-7-8-16-31(26)37(35)36(33)32-17-9-10-18-34(32)40-38;41-42(28-12-3-1-4-13-28,29-14-5-2-6-15-29)30-21-19-26(20-22-30)38-33-23-24-35-37(31-16-8-7-11-27(31)25-39-35)36(33)32-17-9-10-18-34(32)40-38;42-41(28-12-3-1-4-13-28,29-14-5-2-6-15-29)30-21-19-26(20-22-30)38-33-23-24-35-37(31-16-8-7-11-27(31)25-39-35)36(33)32-17-9-10-18-34(32)40-38/h3*1-25H. The van der Waals surface area contributed by atoms with Gasteiger partial charge in [0.25, 0.3) is 0 Å². The van der Waals surface area contributed by atoms with Crippen LogP contribution in [-0.4, -0.2) is 29.9 Å². The van der Waals surface area contributed by atoms with E-state index < -0.39 is 20.3 Å². The first-order valence-electron chi connectivity index (χ1n) is 42.1. The highest BCUT2D eigenvalue weighted by molar-refractivity contribution is 8.25. The molecule has 0 radical (unpaired) electrons. The molecule has 0 spiro atoms. The van der Waals surface area contributed by atoms with Crippen LogP contribution in [0.4, 0.5) is 0 Å². The number of fused-ring (bicyclic) bond motifs is 21. The summed E-state index contributed by atoms with van der Waals surface area (Å²) in [5.74, 6) is 0. The molecular formula is C114H75N6O2P3S. The average Bonchev–Trinajstić information content (AvgIpc) is 0.734. The Kier molecular flexibility index (Phi) is 19.8. The molecule has 0 bridgehead atoms. The first kappa shape index (κ1) is 77.2. The van der Waals surface area contributed by atoms with Gasteiger partial charge in [-0.1, -0.05) is 400 Å². The van der Waals surface area contributed by atoms with Crippen LogP contribution >= 0.6 is 20.3 Å². The maximum absolute atomic E-state index is 14.9. The average molecular weight is 1690 g/mol. The van der Waals surface area contributed by atoms with Crippen molar-refractivity contribution in [2.45, 2.75) is 0 Å². The van der Waals surface area contributed by atoms with Crippen molar-refractivity contribution in [3.05, 3.63) is 455 Å². The lowest BCUT2D eigenvalue weighted by Crippen LogP contribution is -2.24. The van der Waals surface area contributed by atoms with Crippen LogP contribution in [0.5, 0.6) is 0 Å². The summed E-state index contributed by atoms with van der Waals surface area (Å²) in [5, 5.41) is 28.9. The molecule has 8 nitrogen and oxygen atoms in total. The zero-order valence-electron chi connectivity index (χ0n) is 68.1. The van der Waals surface area contributed by atoms with Gasteiger partial charge < -0.3 is 9.13 Å². The van der Waals surface area contributed by atoms with E-state index in [1.807, 2.05) is 176 Å². The fraction of sp³-hybridized carbons (Fsp3) is 0. The van der Waals surface area contributed by atoms with Crippen LogP contribution in [0.3, 0.4) is 0 Å². The van der Waals surface area contributed by atoms with E-state index in [1.54, 1.807) is 0 Å². The quantitative estimate of drug-likeness (QED) is 0.0872. The molecule has 0 aliphatic rings. The summed E-state index contributed by atoms with van der Waals surface area (Å²) in [4.78, 5) is 30.1. The van der Waals surface area contributed by atoms with Crippen LogP contribution in [0.25, 0.3) is 164 Å². The molecule has 0 N–H and O–H groups in total. The molecule has 0 unspecified atom stereocenters. The van der Waals surface area contributed by atoms with Crippen molar-refractivity contribution in [1.82, 2.24) is 29.9 Å². The Hall–Kier alpha value is -14.9. The fourth-order valence-electron chi connectivity index (χ4n) is 18.5. The Balaban J connectivity index is 0.000000112. The zero-order valence-corrected chi connectivity index (χ0v) is 71.6. The van der Waals surface area contributed by atoms with E-state index >= 15 is 0 Å². The molecule has 6 heterocycles.